The van der Waals surface area contributed by atoms with Crippen LogP contribution in [0.15, 0.2) is 18.2 Å². The third-order valence-corrected chi connectivity index (χ3v) is 4.79. The third-order valence-electron chi connectivity index (χ3n) is 4.05. The monoisotopic (exact) mass is 328 g/mol. The van der Waals surface area contributed by atoms with Crippen LogP contribution in [0.1, 0.15) is 12.8 Å². The van der Waals surface area contributed by atoms with Crippen molar-refractivity contribution >= 4 is 40.8 Å². The lowest BCUT2D eigenvalue weighted by Gasteiger charge is -2.42. The zero-order valence-electron chi connectivity index (χ0n) is 11.2. The molecule has 0 bridgehead atoms. The van der Waals surface area contributed by atoms with E-state index in [1.807, 2.05) is 0 Å². The highest BCUT2D eigenvalue weighted by Gasteiger charge is 2.48. The minimum atomic E-state index is -0.585. The summed E-state index contributed by atoms with van der Waals surface area (Å²) in [6.45, 7) is 1.40. The Labute approximate surface area is 132 Å². The number of carbonyl (C=O) groups is 2. The Kier molecular flexibility index (Phi) is 3.82. The first-order valence-electron chi connectivity index (χ1n) is 6.69. The number of imide groups is 1. The van der Waals surface area contributed by atoms with Crippen LogP contribution < -0.4 is 10.2 Å². The van der Waals surface area contributed by atoms with Gasteiger partial charge >= 0.3 is 6.03 Å². The predicted octanol–water partition coefficient (Wildman–Crippen LogP) is 2.85. The van der Waals surface area contributed by atoms with Crippen molar-refractivity contribution in [2.24, 2.45) is 5.41 Å². The normalized spacial score (nSPS) is 21.5. The minimum Gasteiger partial charge on any atom is -0.381 e. The summed E-state index contributed by atoms with van der Waals surface area (Å²) in [6.07, 6.45) is 1.20. The van der Waals surface area contributed by atoms with Crippen molar-refractivity contribution in [3.05, 3.63) is 28.2 Å². The maximum absolute atomic E-state index is 12.8. The highest BCUT2D eigenvalue weighted by molar-refractivity contribution is 6.42. The Morgan fingerprint density at radius 2 is 1.86 bits per heavy atom. The standard InChI is InChI=1S/C14H14Cl2N2O3/c15-10-2-1-9(7-11(10)16)18-12(19)14(8-17-13(18)20)3-5-21-6-4-14/h1-2,7H,3-6,8H2,(H,17,20). The SMILES string of the molecule is O=C1NCC2(CCOCC2)C(=O)N1c1ccc(Cl)c(Cl)c1. The van der Waals surface area contributed by atoms with Crippen molar-refractivity contribution in [1.82, 2.24) is 5.32 Å². The molecule has 2 aliphatic heterocycles. The smallest absolute Gasteiger partial charge is 0.328 e. The number of hydrogen-bond acceptors (Lipinski definition) is 3. The molecule has 112 valence electrons. The van der Waals surface area contributed by atoms with E-state index in [1.54, 1.807) is 12.1 Å². The molecular formula is C14H14Cl2N2O3. The summed E-state index contributed by atoms with van der Waals surface area (Å²) < 4.78 is 5.33. The molecule has 3 rings (SSSR count). The fourth-order valence-corrected chi connectivity index (χ4v) is 3.03. The van der Waals surface area contributed by atoms with Crippen LogP contribution in [-0.2, 0) is 9.53 Å². The number of carbonyl (C=O) groups excluding carboxylic acids is 2. The van der Waals surface area contributed by atoms with Crippen LogP contribution in [0.25, 0.3) is 0 Å². The molecule has 2 aliphatic rings. The molecule has 1 aromatic carbocycles. The summed E-state index contributed by atoms with van der Waals surface area (Å²) in [7, 11) is 0. The summed E-state index contributed by atoms with van der Waals surface area (Å²) in [5.41, 5.74) is -0.157. The Morgan fingerprint density at radius 3 is 2.52 bits per heavy atom. The van der Waals surface area contributed by atoms with Crippen molar-refractivity contribution in [1.29, 1.82) is 0 Å². The number of hydrogen-bond donors (Lipinski definition) is 1. The minimum absolute atomic E-state index is 0.201. The van der Waals surface area contributed by atoms with Gasteiger partial charge in [0.15, 0.2) is 0 Å². The van der Waals surface area contributed by atoms with Gasteiger partial charge in [0, 0.05) is 19.8 Å². The number of benzene rings is 1. The van der Waals surface area contributed by atoms with Crippen molar-refractivity contribution in [3.63, 3.8) is 0 Å². The molecule has 2 saturated heterocycles. The van der Waals surface area contributed by atoms with Crippen LogP contribution in [0, 0.1) is 5.41 Å². The molecular weight excluding hydrogens is 315 g/mol. The molecule has 7 heteroatoms. The van der Waals surface area contributed by atoms with E-state index in [4.69, 9.17) is 27.9 Å². The summed E-state index contributed by atoms with van der Waals surface area (Å²) in [6, 6.07) is 4.28. The topological polar surface area (TPSA) is 58.6 Å². The van der Waals surface area contributed by atoms with Gasteiger partial charge in [-0.2, -0.15) is 0 Å². The maximum atomic E-state index is 12.8. The molecule has 0 aliphatic carbocycles. The Balaban J connectivity index is 1.97. The third kappa shape index (κ3) is 2.50. The van der Waals surface area contributed by atoms with Crippen LogP contribution in [0.3, 0.4) is 0 Å². The van der Waals surface area contributed by atoms with Gasteiger partial charge in [0.1, 0.15) is 0 Å². The van der Waals surface area contributed by atoms with Gasteiger partial charge in [0.25, 0.3) is 0 Å². The largest absolute Gasteiger partial charge is 0.381 e. The zero-order valence-corrected chi connectivity index (χ0v) is 12.7. The molecule has 0 saturated carbocycles. The molecule has 0 unspecified atom stereocenters. The summed E-state index contributed by atoms with van der Waals surface area (Å²) in [4.78, 5) is 26.1. The van der Waals surface area contributed by atoms with E-state index in [1.165, 1.54) is 6.07 Å². The second-order valence-corrected chi connectivity index (χ2v) is 6.10. The quantitative estimate of drug-likeness (QED) is 0.862. The van der Waals surface area contributed by atoms with Crippen LogP contribution in [0.5, 0.6) is 0 Å². The lowest BCUT2D eigenvalue weighted by molar-refractivity contribution is -0.133. The number of rotatable bonds is 1. The number of nitrogens with one attached hydrogen (secondary N) is 1. The second kappa shape index (κ2) is 5.48. The Hall–Kier alpha value is -1.30. The molecule has 21 heavy (non-hydrogen) atoms. The highest BCUT2D eigenvalue weighted by Crippen LogP contribution is 2.37. The van der Waals surface area contributed by atoms with Crippen LogP contribution in [0.2, 0.25) is 10.0 Å². The average molecular weight is 329 g/mol. The first-order chi connectivity index (χ1) is 10.0. The van der Waals surface area contributed by atoms with E-state index < -0.39 is 11.4 Å². The molecule has 1 N–H and O–H groups in total. The van der Waals surface area contributed by atoms with E-state index in [9.17, 15) is 9.59 Å². The Morgan fingerprint density at radius 1 is 1.14 bits per heavy atom. The molecule has 0 atom stereocenters. The second-order valence-electron chi connectivity index (χ2n) is 5.29. The molecule has 0 radical (unpaired) electrons. The Bertz CT molecular complexity index is 600. The van der Waals surface area contributed by atoms with Crippen LogP contribution in [0.4, 0.5) is 10.5 Å². The fraction of sp³-hybridized carbons (Fsp3) is 0.429. The summed E-state index contributed by atoms with van der Waals surface area (Å²) >= 11 is 11.9. The van der Waals surface area contributed by atoms with Crippen molar-refractivity contribution < 1.29 is 14.3 Å². The molecule has 2 fully saturated rings. The molecule has 5 nitrogen and oxygen atoms in total. The number of ether oxygens (including phenoxy) is 1. The van der Waals surface area contributed by atoms with Gasteiger partial charge in [0.2, 0.25) is 5.91 Å². The molecule has 1 spiro atoms. The van der Waals surface area contributed by atoms with Crippen molar-refractivity contribution in [2.75, 3.05) is 24.7 Å². The summed E-state index contributed by atoms with van der Waals surface area (Å²) in [5.74, 6) is -0.201. The fourth-order valence-electron chi connectivity index (χ4n) is 2.74. The van der Waals surface area contributed by atoms with Gasteiger partial charge in [-0.15, -0.1) is 0 Å². The number of nitrogens with zero attached hydrogens (tertiary/aromatic N) is 1. The van der Waals surface area contributed by atoms with Gasteiger partial charge in [-0.05, 0) is 31.0 Å². The zero-order chi connectivity index (χ0) is 15.0. The number of halogens is 2. The van der Waals surface area contributed by atoms with E-state index in [2.05, 4.69) is 5.32 Å². The first-order valence-corrected chi connectivity index (χ1v) is 7.44. The van der Waals surface area contributed by atoms with Gasteiger partial charge in [-0.25, -0.2) is 9.69 Å². The number of amides is 3. The molecule has 2 heterocycles. The van der Waals surface area contributed by atoms with E-state index in [-0.39, 0.29) is 5.91 Å². The lowest BCUT2D eigenvalue weighted by atomic mass is 9.77. The maximum Gasteiger partial charge on any atom is 0.328 e. The van der Waals surface area contributed by atoms with Gasteiger partial charge < -0.3 is 10.1 Å². The molecule has 3 amide bonds. The van der Waals surface area contributed by atoms with Crippen LogP contribution in [-0.4, -0.2) is 31.7 Å². The number of urea groups is 1. The van der Waals surface area contributed by atoms with Gasteiger partial charge in [-0.1, -0.05) is 23.2 Å². The van der Waals surface area contributed by atoms with E-state index >= 15 is 0 Å². The van der Waals surface area contributed by atoms with Crippen molar-refractivity contribution in [2.45, 2.75) is 12.8 Å². The summed E-state index contributed by atoms with van der Waals surface area (Å²) in [5, 5.41) is 3.48. The highest BCUT2D eigenvalue weighted by atomic mass is 35.5. The van der Waals surface area contributed by atoms with E-state index in [0.717, 1.165) is 4.90 Å². The predicted molar refractivity (Wildman–Crippen MR) is 79.8 cm³/mol. The molecule has 0 aromatic heterocycles. The van der Waals surface area contributed by atoms with Gasteiger partial charge in [-0.3, -0.25) is 4.79 Å². The van der Waals surface area contributed by atoms with E-state index in [0.29, 0.717) is 48.3 Å². The first kappa shape index (κ1) is 14.6. The van der Waals surface area contributed by atoms with Gasteiger partial charge in [0.05, 0.1) is 21.1 Å². The lowest BCUT2D eigenvalue weighted by Crippen LogP contribution is -2.62. The average Bonchev–Trinajstić information content (AvgIpc) is 2.49. The van der Waals surface area contributed by atoms with Crippen LogP contribution >= 0.6 is 23.2 Å². The molecule has 1 aromatic rings. The number of anilines is 1. The van der Waals surface area contributed by atoms with Crippen molar-refractivity contribution in [3.8, 4) is 0 Å².